The Kier molecular flexibility index (Phi) is 8.20. The molecule has 0 aliphatic carbocycles. The van der Waals surface area contributed by atoms with Crippen molar-refractivity contribution in [2.24, 2.45) is 0 Å². The Morgan fingerprint density at radius 3 is 2.48 bits per heavy atom. The van der Waals surface area contributed by atoms with Crippen LogP contribution in [0.4, 0.5) is 17.6 Å². The van der Waals surface area contributed by atoms with E-state index in [0.717, 1.165) is 25.2 Å². The topological polar surface area (TPSA) is 45.2 Å². The number of hydrogen-bond acceptors (Lipinski definition) is 4. The Morgan fingerprint density at radius 1 is 1.09 bits per heavy atom. The quantitative estimate of drug-likeness (QED) is 0.396. The third-order valence-corrected chi connectivity index (χ3v) is 6.37. The average molecular weight is 480 g/mol. The number of amides is 1. The second-order valence-electron chi connectivity index (χ2n) is 7.44. The van der Waals surface area contributed by atoms with Crippen molar-refractivity contribution in [2.75, 3.05) is 19.6 Å². The fourth-order valence-electron chi connectivity index (χ4n) is 3.46. The first-order chi connectivity index (χ1) is 15.7. The average Bonchev–Trinajstić information content (AvgIpc) is 3.25. The van der Waals surface area contributed by atoms with Gasteiger partial charge in [-0.2, -0.15) is 13.2 Å². The fraction of sp³-hybridized carbons (Fsp3) is 0.333. The number of aromatic nitrogens is 1. The number of carbonyl (C=O) groups excluding carboxylic acids is 1. The maximum Gasteiger partial charge on any atom is 0.435 e. The molecule has 0 unspecified atom stereocenters. The largest absolute Gasteiger partial charge is 0.435 e. The van der Waals surface area contributed by atoms with E-state index in [2.05, 4.69) is 29.0 Å². The Balaban J connectivity index is 1.89. The van der Waals surface area contributed by atoms with E-state index in [9.17, 15) is 22.4 Å². The van der Waals surface area contributed by atoms with E-state index in [1.165, 1.54) is 18.2 Å². The van der Waals surface area contributed by atoms with Crippen LogP contribution in [-0.2, 0) is 19.1 Å². The van der Waals surface area contributed by atoms with Crippen LogP contribution in [0.5, 0.6) is 0 Å². The van der Waals surface area contributed by atoms with E-state index in [-0.39, 0.29) is 11.6 Å². The van der Waals surface area contributed by atoms with E-state index in [1.807, 2.05) is 12.1 Å². The van der Waals surface area contributed by atoms with Crippen molar-refractivity contribution in [3.05, 3.63) is 76.0 Å². The van der Waals surface area contributed by atoms with Gasteiger partial charge in [-0.25, -0.2) is 9.37 Å². The number of rotatable bonds is 9. The van der Waals surface area contributed by atoms with Gasteiger partial charge in [0.15, 0.2) is 5.69 Å². The highest BCUT2D eigenvalue weighted by atomic mass is 32.1. The molecule has 176 valence electrons. The zero-order valence-corrected chi connectivity index (χ0v) is 19.2. The SMILES string of the molecule is CCN(CC)CCc1ccccc1-c1nc(C(F)(F)F)c(C(=O)NCc2cccc(F)c2)s1. The summed E-state index contributed by atoms with van der Waals surface area (Å²) in [6, 6.07) is 12.7. The van der Waals surface area contributed by atoms with Crippen molar-refractivity contribution in [2.45, 2.75) is 33.0 Å². The molecule has 0 saturated heterocycles. The number of alkyl halides is 3. The third-order valence-electron chi connectivity index (χ3n) is 5.28. The molecule has 0 fully saturated rings. The van der Waals surface area contributed by atoms with Crippen LogP contribution in [-0.4, -0.2) is 35.4 Å². The van der Waals surface area contributed by atoms with Gasteiger partial charge in [-0.1, -0.05) is 50.2 Å². The van der Waals surface area contributed by atoms with E-state index < -0.39 is 28.5 Å². The molecule has 1 heterocycles. The lowest BCUT2D eigenvalue weighted by molar-refractivity contribution is -0.141. The van der Waals surface area contributed by atoms with Gasteiger partial charge in [-0.3, -0.25) is 4.79 Å². The van der Waals surface area contributed by atoms with Crippen molar-refractivity contribution in [1.29, 1.82) is 0 Å². The van der Waals surface area contributed by atoms with E-state index in [1.54, 1.807) is 18.2 Å². The molecule has 2 aromatic carbocycles. The van der Waals surface area contributed by atoms with Crippen LogP contribution in [0.2, 0.25) is 0 Å². The third kappa shape index (κ3) is 6.39. The number of hydrogen-bond donors (Lipinski definition) is 1. The van der Waals surface area contributed by atoms with Crippen LogP contribution in [0.3, 0.4) is 0 Å². The number of nitrogens with zero attached hydrogens (tertiary/aromatic N) is 2. The molecule has 0 radical (unpaired) electrons. The number of carbonyl (C=O) groups is 1. The van der Waals surface area contributed by atoms with Crippen molar-refractivity contribution >= 4 is 17.2 Å². The molecular weight excluding hydrogens is 454 g/mol. The minimum Gasteiger partial charge on any atom is -0.347 e. The summed E-state index contributed by atoms with van der Waals surface area (Å²) in [5.41, 5.74) is 0.698. The molecule has 1 aromatic heterocycles. The monoisotopic (exact) mass is 479 g/mol. The summed E-state index contributed by atoms with van der Waals surface area (Å²) in [5, 5.41) is 2.59. The predicted molar refractivity (Wildman–Crippen MR) is 122 cm³/mol. The first-order valence-electron chi connectivity index (χ1n) is 10.6. The first-order valence-corrected chi connectivity index (χ1v) is 11.5. The van der Waals surface area contributed by atoms with Crippen molar-refractivity contribution < 1.29 is 22.4 Å². The number of halogens is 4. The molecule has 0 bridgehead atoms. The molecule has 1 N–H and O–H groups in total. The molecule has 33 heavy (non-hydrogen) atoms. The molecule has 0 atom stereocenters. The second-order valence-corrected chi connectivity index (χ2v) is 8.44. The van der Waals surface area contributed by atoms with Gasteiger partial charge in [0.2, 0.25) is 0 Å². The molecule has 0 saturated carbocycles. The fourth-order valence-corrected chi connectivity index (χ4v) is 4.52. The standard InChI is InChI=1S/C24H25F4N3OS/c1-3-31(4-2)13-12-17-9-5-6-11-19(17)23-30-21(24(26,27)28)20(33-23)22(32)29-15-16-8-7-10-18(25)14-16/h5-11,14H,3-4,12-13,15H2,1-2H3,(H,29,32). The minimum atomic E-state index is -4.78. The lowest BCUT2D eigenvalue weighted by Gasteiger charge is -2.18. The van der Waals surface area contributed by atoms with Crippen LogP contribution in [0.15, 0.2) is 48.5 Å². The predicted octanol–water partition coefficient (Wildman–Crippen LogP) is 5.78. The van der Waals surface area contributed by atoms with Crippen LogP contribution in [0, 0.1) is 5.82 Å². The Labute approximate surface area is 194 Å². The molecule has 0 spiro atoms. The number of likely N-dealkylation sites (N-methyl/N-ethyl adjacent to an activating group) is 1. The van der Waals surface area contributed by atoms with Crippen molar-refractivity contribution in [3.63, 3.8) is 0 Å². The minimum absolute atomic E-state index is 0.0957. The maximum atomic E-state index is 13.7. The van der Waals surface area contributed by atoms with Gasteiger partial charge in [-0.15, -0.1) is 11.3 Å². The van der Waals surface area contributed by atoms with Crippen LogP contribution >= 0.6 is 11.3 Å². The number of benzene rings is 2. The van der Waals surface area contributed by atoms with Gasteiger partial charge >= 0.3 is 6.18 Å². The van der Waals surface area contributed by atoms with Crippen LogP contribution in [0.1, 0.15) is 40.3 Å². The molecule has 3 rings (SSSR count). The molecule has 4 nitrogen and oxygen atoms in total. The summed E-state index contributed by atoms with van der Waals surface area (Å²) >= 11 is 0.715. The highest BCUT2D eigenvalue weighted by Crippen LogP contribution is 2.38. The summed E-state index contributed by atoms with van der Waals surface area (Å²) in [4.78, 5) is 18.2. The number of thiazole rings is 1. The second kappa shape index (κ2) is 10.9. The summed E-state index contributed by atoms with van der Waals surface area (Å²) in [5.74, 6) is -1.38. The van der Waals surface area contributed by atoms with Gasteiger partial charge < -0.3 is 10.2 Å². The zero-order valence-electron chi connectivity index (χ0n) is 18.4. The smallest absolute Gasteiger partial charge is 0.347 e. The van der Waals surface area contributed by atoms with Crippen molar-refractivity contribution in [1.82, 2.24) is 15.2 Å². The lowest BCUT2D eigenvalue weighted by atomic mass is 10.0. The highest BCUT2D eigenvalue weighted by Gasteiger charge is 2.40. The molecule has 1 amide bonds. The summed E-state index contributed by atoms with van der Waals surface area (Å²) in [6.07, 6.45) is -4.13. The summed E-state index contributed by atoms with van der Waals surface area (Å²) in [7, 11) is 0. The first kappa shape index (κ1) is 24.9. The van der Waals surface area contributed by atoms with E-state index in [4.69, 9.17) is 0 Å². The molecule has 0 aliphatic heterocycles. The van der Waals surface area contributed by atoms with Crippen LogP contribution < -0.4 is 5.32 Å². The zero-order chi connectivity index (χ0) is 24.0. The van der Waals surface area contributed by atoms with Gasteiger partial charge in [0.1, 0.15) is 15.7 Å². The molecule has 9 heteroatoms. The van der Waals surface area contributed by atoms with E-state index >= 15 is 0 Å². The summed E-state index contributed by atoms with van der Waals surface area (Å²) in [6.45, 7) is 6.54. The molecule has 3 aromatic rings. The highest BCUT2D eigenvalue weighted by molar-refractivity contribution is 7.17. The van der Waals surface area contributed by atoms with Crippen molar-refractivity contribution in [3.8, 4) is 10.6 Å². The molecule has 0 aliphatic rings. The molecular formula is C24H25F4N3OS. The summed E-state index contributed by atoms with van der Waals surface area (Å²) < 4.78 is 54.5. The Bertz CT molecular complexity index is 1090. The van der Waals surface area contributed by atoms with Gasteiger partial charge in [-0.05, 0) is 42.8 Å². The van der Waals surface area contributed by atoms with Crippen LogP contribution in [0.25, 0.3) is 10.6 Å². The Hall–Kier alpha value is -2.78. The van der Waals surface area contributed by atoms with Gasteiger partial charge in [0.25, 0.3) is 5.91 Å². The maximum absolute atomic E-state index is 13.7. The Morgan fingerprint density at radius 2 is 1.82 bits per heavy atom. The lowest BCUT2D eigenvalue weighted by Crippen LogP contribution is -2.25. The van der Waals surface area contributed by atoms with E-state index in [0.29, 0.717) is 28.9 Å². The van der Waals surface area contributed by atoms with Gasteiger partial charge in [0.05, 0.1) is 0 Å². The van der Waals surface area contributed by atoms with Gasteiger partial charge in [0, 0.05) is 18.7 Å². The number of nitrogens with one attached hydrogen (secondary N) is 1. The normalized spacial score (nSPS) is 11.7.